The lowest BCUT2D eigenvalue weighted by atomic mass is 9.99. The first-order valence-electron chi connectivity index (χ1n) is 14.8. The third-order valence-electron chi connectivity index (χ3n) is 7.98. The molecule has 1 aliphatic rings. The van der Waals surface area contributed by atoms with E-state index in [0.717, 1.165) is 12.1 Å². The van der Waals surface area contributed by atoms with Crippen LogP contribution in [0.1, 0.15) is 11.7 Å². The molecule has 7 atom stereocenters. The summed E-state index contributed by atoms with van der Waals surface area (Å²) < 4.78 is 39.1. The van der Waals surface area contributed by atoms with Gasteiger partial charge in [-0.2, -0.15) is 0 Å². The molecule has 3 aromatic carbocycles. The van der Waals surface area contributed by atoms with Crippen molar-refractivity contribution < 1.29 is 73.7 Å². The molecule has 1 saturated heterocycles. The first-order valence-corrected chi connectivity index (χ1v) is 14.8. The Morgan fingerprint density at radius 2 is 1.49 bits per heavy atom. The molecule has 0 radical (unpaired) electrons. The number of aliphatic hydroxyl groups excluding tert-OH is 6. The molecule has 264 valence electrons. The minimum Gasteiger partial charge on any atom is -0.507 e. The van der Waals surface area contributed by atoms with Crippen molar-refractivity contribution in [3.05, 3.63) is 64.3 Å². The summed E-state index contributed by atoms with van der Waals surface area (Å²) in [6, 6.07) is 10.5. The van der Waals surface area contributed by atoms with Crippen LogP contribution in [0.5, 0.6) is 40.2 Å². The molecule has 16 nitrogen and oxygen atoms in total. The van der Waals surface area contributed by atoms with Gasteiger partial charge in [-0.05, 0) is 29.8 Å². The SMILES string of the molecule is COc1cc(C(O)C(CO)Oc2c(OC)cc(-c3cc(=O)c4c(O)cc(O[C@@H]5O[C@H](CO)[C@@H](O)[C@H](O)[C@H]5O)cc4o3)cc2OC)ccc1O. The van der Waals surface area contributed by atoms with E-state index in [2.05, 4.69) is 0 Å². The molecule has 0 amide bonds. The zero-order valence-corrected chi connectivity index (χ0v) is 26.4. The van der Waals surface area contributed by atoms with Crippen molar-refractivity contribution in [1.82, 2.24) is 0 Å². The quantitative estimate of drug-likeness (QED) is 0.101. The lowest BCUT2D eigenvalue weighted by Crippen LogP contribution is -2.60. The largest absolute Gasteiger partial charge is 0.507 e. The number of hydrogen-bond donors (Lipinski definition) is 8. The van der Waals surface area contributed by atoms with E-state index in [4.69, 9.17) is 32.8 Å². The van der Waals surface area contributed by atoms with E-state index in [1.54, 1.807) is 0 Å². The van der Waals surface area contributed by atoms with Gasteiger partial charge in [0.25, 0.3) is 0 Å². The number of phenols is 2. The number of benzene rings is 3. The third-order valence-corrected chi connectivity index (χ3v) is 7.98. The van der Waals surface area contributed by atoms with E-state index in [1.807, 2.05) is 0 Å². The van der Waals surface area contributed by atoms with Crippen LogP contribution in [0.2, 0.25) is 0 Å². The van der Waals surface area contributed by atoms with Gasteiger partial charge in [-0.1, -0.05) is 6.07 Å². The highest BCUT2D eigenvalue weighted by atomic mass is 16.7. The smallest absolute Gasteiger partial charge is 0.229 e. The summed E-state index contributed by atoms with van der Waals surface area (Å²) in [5.41, 5.74) is -0.254. The highest BCUT2D eigenvalue weighted by Gasteiger charge is 2.44. The fourth-order valence-corrected chi connectivity index (χ4v) is 5.34. The highest BCUT2D eigenvalue weighted by Crippen LogP contribution is 2.44. The summed E-state index contributed by atoms with van der Waals surface area (Å²) in [6.07, 6.45) is -10.5. The molecule has 2 heterocycles. The molecule has 4 aromatic rings. The Hall–Kier alpha value is -4.81. The monoisotopic (exact) mass is 688 g/mol. The number of fused-ring (bicyclic) bond motifs is 1. The Morgan fingerprint density at radius 3 is 2.10 bits per heavy atom. The minimum absolute atomic E-state index is 0.00594. The molecule has 5 rings (SSSR count). The second-order valence-corrected chi connectivity index (χ2v) is 11.0. The van der Waals surface area contributed by atoms with Crippen LogP contribution in [0.25, 0.3) is 22.3 Å². The molecule has 0 aliphatic carbocycles. The molecule has 16 heteroatoms. The molecule has 1 fully saturated rings. The molecule has 2 unspecified atom stereocenters. The fraction of sp³-hybridized carbons (Fsp3) is 0.364. The van der Waals surface area contributed by atoms with Gasteiger partial charge in [0.05, 0.1) is 34.5 Å². The van der Waals surface area contributed by atoms with Crippen molar-refractivity contribution in [2.75, 3.05) is 34.5 Å². The van der Waals surface area contributed by atoms with Crippen molar-refractivity contribution >= 4 is 11.0 Å². The predicted molar refractivity (Wildman–Crippen MR) is 168 cm³/mol. The van der Waals surface area contributed by atoms with Gasteiger partial charge in [-0.15, -0.1) is 0 Å². The average Bonchev–Trinajstić information content (AvgIpc) is 3.10. The van der Waals surface area contributed by atoms with Gasteiger partial charge >= 0.3 is 0 Å². The van der Waals surface area contributed by atoms with Gasteiger partial charge in [0.1, 0.15) is 58.7 Å². The highest BCUT2D eigenvalue weighted by molar-refractivity contribution is 5.86. The van der Waals surface area contributed by atoms with Gasteiger partial charge in [-0.3, -0.25) is 4.79 Å². The zero-order valence-electron chi connectivity index (χ0n) is 26.4. The van der Waals surface area contributed by atoms with E-state index in [9.17, 15) is 45.6 Å². The van der Waals surface area contributed by atoms with E-state index in [-0.39, 0.29) is 62.4 Å². The second kappa shape index (κ2) is 14.8. The Labute approximate surface area is 278 Å². The van der Waals surface area contributed by atoms with Gasteiger partial charge < -0.3 is 73.7 Å². The Kier molecular flexibility index (Phi) is 10.7. The molecule has 8 N–H and O–H groups in total. The summed E-state index contributed by atoms with van der Waals surface area (Å²) in [4.78, 5) is 13.2. The normalized spacial score (nSPS) is 21.9. The topological polar surface area (TPSA) is 247 Å². The van der Waals surface area contributed by atoms with Crippen molar-refractivity contribution in [3.63, 3.8) is 0 Å². The summed E-state index contributed by atoms with van der Waals surface area (Å²) in [5.74, 6) is -0.613. The molecular formula is C33H36O16. The fourth-order valence-electron chi connectivity index (χ4n) is 5.34. The number of methoxy groups -OCH3 is 3. The van der Waals surface area contributed by atoms with E-state index < -0.39 is 67.3 Å². The van der Waals surface area contributed by atoms with Crippen LogP contribution in [-0.4, -0.2) is 112 Å². The number of hydrogen-bond acceptors (Lipinski definition) is 16. The van der Waals surface area contributed by atoms with E-state index >= 15 is 0 Å². The number of phenolic OH excluding ortho intramolecular Hbond substituents is 2. The lowest BCUT2D eigenvalue weighted by molar-refractivity contribution is -0.277. The van der Waals surface area contributed by atoms with Gasteiger partial charge in [-0.25, -0.2) is 0 Å². The number of ether oxygens (including phenoxy) is 6. The first-order chi connectivity index (χ1) is 23.4. The molecule has 1 aromatic heterocycles. The molecule has 0 bridgehead atoms. The molecule has 0 spiro atoms. The van der Waals surface area contributed by atoms with Crippen molar-refractivity contribution in [1.29, 1.82) is 0 Å². The first kappa shape index (κ1) is 35.5. The summed E-state index contributed by atoms with van der Waals surface area (Å²) in [5, 5.41) is 81.5. The average molecular weight is 689 g/mol. The number of aliphatic hydroxyl groups is 6. The summed E-state index contributed by atoms with van der Waals surface area (Å²) >= 11 is 0. The van der Waals surface area contributed by atoms with Crippen LogP contribution < -0.4 is 29.1 Å². The van der Waals surface area contributed by atoms with E-state index in [1.165, 1.54) is 57.7 Å². The van der Waals surface area contributed by atoms with Crippen LogP contribution in [0.4, 0.5) is 0 Å². The molecule has 0 saturated carbocycles. The van der Waals surface area contributed by atoms with Gasteiger partial charge in [0, 0.05) is 23.8 Å². The molecular weight excluding hydrogens is 652 g/mol. The van der Waals surface area contributed by atoms with Crippen molar-refractivity contribution in [2.45, 2.75) is 42.9 Å². The van der Waals surface area contributed by atoms with Crippen molar-refractivity contribution in [2.24, 2.45) is 0 Å². The predicted octanol–water partition coefficient (Wildman–Crippen LogP) is 0.549. The van der Waals surface area contributed by atoms with Crippen LogP contribution in [-0.2, 0) is 4.74 Å². The zero-order chi connectivity index (χ0) is 35.6. The Balaban J connectivity index is 1.48. The number of rotatable bonds is 12. The summed E-state index contributed by atoms with van der Waals surface area (Å²) in [7, 11) is 4.01. The molecule has 49 heavy (non-hydrogen) atoms. The van der Waals surface area contributed by atoms with Crippen LogP contribution in [0.3, 0.4) is 0 Å². The Bertz CT molecular complexity index is 1810. The maximum atomic E-state index is 13.2. The molecule has 1 aliphatic heterocycles. The second-order valence-electron chi connectivity index (χ2n) is 11.0. The minimum atomic E-state index is -1.73. The standard InChI is InChI=1S/C33H36O16/c1-43-21-6-14(4-5-17(21)36)28(39)25(12-34)48-32-23(44-2)7-15(8-24(32)45-3)20-11-19(38)27-18(37)9-16(10-22(27)47-20)46-33-31(42)30(41)29(40)26(13-35)49-33/h4-11,25-26,28-31,33-37,39-42H,12-13H2,1-3H3/t25?,26-,28?,29-,30+,31-,33-/m1/s1. The third kappa shape index (κ3) is 7.02. The van der Waals surface area contributed by atoms with Crippen molar-refractivity contribution in [3.8, 4) is 51.6 Å². The Morgan fingerprint density at radius 1 is 0.816 bits per heavy atom. The van der Waals surface area contributed by atoms with Crippen LogP contribution in [0.15, 0.2) is 57.7 Å². The maximum absolute atomic E-state index is 13.2. The van der Waals surface area contributed by atoms with E-state index in [0.29, 0.717) is 0 Å². The van der Waals surface area contributed by atoms with Gasteiger partial charge in [0.15, 0.2) is 34.5 Å². The van der Waals surface area contributed by atoms with Gasteiger partial charge in [0.2, 0.25) is 12.0 Å². The maximum Gasteiger partial charge on any atom is 0.229 e. The lowest BCUT2D eigenvalue weighted by Gasteiger charge is -2.39. The van der Waals surface area contributed by atoms with Crippen LogP contribution in [0, 0.1) is 0 Å². The number of aromatic hydroxyl groups is 2. The van der Waals surface area contributed by atoms with Crippen LogP contribution >= 0.6 is 0 Å². The summed E-state index contributed by atoms with van der Waals surface area (Å²) in [6.45, 7) is -1.33.